The van der Waals surface area contributed by atoms with Crippen LogP contribution in [0.2, 0.25) is 0 Å². The fraction of sp³-hybridized carbons (Fsp3) is 0.542. The van der Waals surface area contributed by atoms with Gasteiger partial charge in [0.2, 0.25) is 5.91 Å². The summed E-state index contributed by atoms with van der Waals surface area (Å²) in [5.74, 6) is 0.909. The van der Waals surface area contributed by atoms with Gasteiger partial charge in [-0.05, 0) is 44.1 Å². The highest BCUT2D eigenvalue weighted by molar-refractivity contribution is 6.06. The summed E-state index contributed by atoms with van der Waals surface area (Å²) in [4.78, 5) is 33.3. The number of nitrogens with two attached hydrogens (primary N) is 1. The van der Waals surface area contributed by atoms with Gasteiger partial charge in [-0.15, -0.1) is 0 Å². The number of carbonyl (C=O) groups excluding carboxylic acids is 2. The molecule has 6 nitrogen and oxygen atoms in total. The SMILES string of the molecule is CC(C)CC1(C)N=C(N)N(CCC2=CCN(C(=O)CCc3ccccc3)CC2)C1=O. The van der Waals surface area contributed by atoms with E-state index < -0.39 is 5.54 Å². The van der Waals surface area contributed by atoms with Crippen molar-refractivity contribution in [2.24, 2.45) is 16.6 Å². The van der Waals surface area contributed by atoms with Crippen molar-refractivity contribution in [1.29, 1.82) is 0 Å². The highest BCUT2D eigenvalue weighted by atomic mass is 16.2. The van der Waals surface area contributed by atoms with Crippen molar-refractivity contribution in [3.63, 3.8) is 0 Å². The summed E-state index contributed by atoms with van der Waals surface area (Å²) < 4.78 is 0. The maximum Gasteiger partial charge on any atom is 0.257 e. The van der Waals surface area contributed by atoms with Gasteiger partial charge >= 0.3 is 0 Å². The first-order chi connectivity index (χ1) is 14.3. The number of aliphatic imine (C=N–C) groups is 1. The highest BCUT2D eigenvalue weighted by Gasteiger charge is 2.43. The van der Waals surface area contributed by atoms with Crippen molar-refractivity contribution < 1.29 is 9.59 Å². The molecule has 1 aromatic carbocycles. The molecule has 0 aliphatic carbocycles. The molecule has 3 rings (SSSR count). The molecule has 0 saturated carbocycles. The van der Waals surface area contributed by atoms with E-state index in [9.17, 15) is 9.59 Å². The number of benzene rings is 1. The van der Waals surface area contributed by atoms with Gasteiger partial charge in [-0.1, -0.05) is 55.8 Å². The molecule has 0 fully saturated rings. The van der Waals surface area contributed by atoms with Crippen molar-refractivity contribution in [1.82, 2.24) is 9.80 Å². The van der Waals surface area contributed by atoms with Crippen molar-refractivity contribution in [3.8, 4) is 0 Å². The predicted octanol–water partition coefficient (Wildman–Crippen LogP) is 3.13. The number of amides is 2. The minimum atomic E-state index is -0.735. The van der Waals surface area contributed by atoms with Crippen molar-refractivity contribution in [2.45, 2.75) is 58.4 Å². The van der Waals surface area contributed by atoms with E-state index in [1.54, 1.807) is 4.90 Å². The third kappa shape index (κ3) is 5.29. The van der Waals surface area contributed by atoms with Crippen LogP contribution in [0.5, 0.6) is 0 Å². The Bertz CT molecular complexity index is 831. The standard InChI is InChI=1S/C24H34N4O2/c1-18(2)17-24(3)22(30)28(23(25)26-24)16-13-20-11-14-27(15-12-20)21(29)10-9-19-7-5-4-6-8-19/h4-8,11,18H,9-10,12-17H2,1-3H3,(H2,25,26). The molecule has 0 spiro atoms. The number of guanidine groups is 1. The van der Waals surface area contributed by atoms with Crippen molar-refractivity contribution in [2.75, 3.05) is 19.6 Å². The molecule has 1 atom stereocenters. The van der Waals surface area contributed by atoms with E-state index >= 15 is 0 Å². The second kappa shape index (κ2) is 9.45. The topological polar surface area (TPSA) is 79.0 Å². The number of aryl methyl sites for hydroxylation is 1. The smallest absolute Gasteiger partial charge is 0.257 e. The van der Waals surface area contributed by atoms with Crippen LogP contribution in [0.15, 0.2) is 47.0 Å². The molecule has 2 amide bonds. The highest BCUT2D eigenvalue weighted by Crippen LogP contribution is 2.29. The number of hydrogen-bond acceptors (Lipinski definition) is 4. The third-order valence-electron chi connectivity index (χ3n) is 5.93. The van der Waals surface area contributed by atoms with Crippen LogP contribution >= 0.6 is 0 Å². The van der Waals surface area contributed by atoms with Gasteiger partial charge in [-0.2, -0.15) is 0 Å². The summed E-state index contributed by atoms with van der Waals surface area (Å²) in [5, 5.41) is 0. The van der Waals surface area contributed by atoms with Gasteiger partial charge in [0.25, 0.3) is 5.91 Å². The minimum Gasteiger partial charge on any atom is -0.369 e. The van der Waals surface area contributed by atoms with E-state index in [2.05, 4.69) is 37.0 Å². The zero-order chi connectivity index (χ0) is 21.7. The fourth-order valence-corrected chi connectivity index (χ4v) is 4.37. The quantitative estimate of drug-likeness (QED) is 0.669. The molecule has 0 radical (unpaired) electrons. The Hall–Kier alpha value is -2.63. The lowest BCUT2D eigenvalue weighted by atomic mass is 9.91. The maximum atomic E-state index is 12.8. The van der Waals surface area contributed by atoms with E-state index in [0.717, 1.165) is 25.8 Å². The van der Waals surface area contributed by atoms with Gasteiger partial charge in [-0.3, -0.25) is 14.5 Å². The third-order valence-corrected chi connectivity index (χ3v) is 5.93. The molecule has 1 unspecified atom stereocenters. The molecular weight excluding hydrogens is 376 g/mol. The molecule has 30 heavy (non-hydrogen) atoms. The van der Waals surface area contributed by atoms with Gasteiger partial charge in [0, 0.05) is 26.1 Å². The van der Waals surface area contributed by atoms with Crippen LogP contribution in [-0.2, 0) is 16.0 Å². The number of hydrogen-bond donors (Lipinski definition) is 1. The van der Waals surface area contributed by atoms with Gasteiger partial charge < -0.3 is 10.6 Å². The lowest BCUT2D eigenvalue weighted by molar-refractivity contribution is -0.131. The largest absolute Gasteiger partial charge is 0.369 e. The predicted molar refractivity (Wildman–Crippen MR) is 120 cm³/mol. The molecule has 6 heteroatoms. The molecule has 2 heterocycles. The van der Waals surface area contributed by atoms with Gasteiger partial charge in [0.05, 0.1) is 0 Å². The normalized spacial score (nSPS) is 21.8. The van der Waals surface area contributed by atoms with E-state index in [4.69, 9.17) is 5.73 Å². The molecule has 2 aliphatic rings. The minimum absolute atomic E-state index is 0.00262. The van der Waals surface area contributed by atoms with Crippen LogP contribution in [0.4, 0.5) is 0 Å². The molecule has 1 aromatic rings. The van der Waals surface area contributed by atoms with E-state index in [1.807, 2.05) is 30.0 Å². The van der Waals surface area contributed by atoms with Crippen LogP contribution in [-0.4, -0.2) is 52.7 Å². The first-order valence-electron chi connectivity index (χ1n) is 11.0. The van der Waals surface area contributed by atoms with E-state index in [1.165, 1.54) is 11.1 Å². The van der Waals surface area contributed by atoms with E-state index in [-0.39, 0.29) is 11.8 Å². The monoisotopic (exact) mass is 410 g/mol. The van der Waals surface area contributed by atoms with Crippen LogP contribution in [0.3, 0.4) is 0 Å². The summed E-state index contributed by atoms with van der Waals surface area (Å²) in [5.41, 5.74) is 7.80. The first kappa shape index (κ1) is 22.1. The van der Waals surface area contributed by atoms with Crippen molar-refractivity contribution >= 4 is 17.8 Å². The summed E-state index contributed by atoms with van der Waals surface area (Å²) in [6.45, 7) is 7.99. The Kier molecular flexibility index (Phi) is 6.95. The Morgan fingerprint density at radius 1 is 1.23 bits per heavy atom. The van der Waals surface area contributed by atoms with Crippen LogP contribution in [0.1, 0.15) is 52.0 Å². The zero-order valence-electron chi connectivity index (χ0n) is 18.4. The number of nitrogens with zero attached hydrogens (tertiary/aromatic N) is 3. The second-order valence-electron chi connectivity index (χ2n) is 8.99. The summed E-state index contributed by atoms with van der Waals surface area (Å²) in [6, 6.07) is 10.1. The summed E-state index contributed by atoms with van der Waals surface area (Å²) >= 11 is 0. The molecule has 0 saturated heterocycles. The average Bonchev–Trinajstić information content (AvgIpc) is 2.93. The van der Waals surface area contributed by atoms with Crippen LogP contribution in [0.25, 0.3) is 0 Å². The van der Waals surface area contributed by atoms with Crippen molar-refractivity contribution in [3.05, 3.63) is 47.5 Å². The molecule has 0 bridgehead atoms. The molecule has 0 aromatic heterocycles. The second-order valence-corrected chi connectivity index (χ2v) is 8.99. The van der Waals surface area contributed by atoms with Gasteiger partial charge in [0.1, 0.15) is 5.54 Å². The van der Waals surface area contributed by atoms with E-state index in [0.29, 0.717) is 37.8 Å². The van der Waals surface area contributed by atoms with Gasteiger partial charge in [-0.25, -0.2) is 4.99 Å². The first-order valence-corrected chi connectivity index (χ1v) is 11.0. The summed E-state index contributed by atoms with van der Waals surface area (Å²) in [6.07, 6.45) is 5.76. The Labute approximate surface area is 179 Å². The molecular formula is C24H34N4O2. The van der Waals surface area contributed by atoms with Crippen LogP contribution in [0, 0.1) is 5.92 Å². The molecule has 2 aliphatic heterocycles. The number of rotatable bonds is 8. The Balaban J connectivity index is 1.47. The lowest BCUT2D eigenvalue weighted by Gasteiger charge is -2.28. The average molecular weight is 411 g/mol. The fourth-order valence-electron chi connectivity index (χ4n) is 4.37. The molecule has 162 valence electrons. The maximum absolute atomic E-state index is 12.8. The van der Waals surface area contributed by atoms with Crippen LogP contribution < -0.4 is 5.73 Å². The zero-order valence-corrected chi connectivity index (χ0v) is 18.4. The van der Waals surface area contributed by atoms with Gasteiger partial charge in [0.15, 0.2) is 5.96 Å². The lowest BCUT2D eigenvalue weighted by Crippen LogP contribution is -2.44. The molecule has 2 N–H and O–H groups in total. The number of carbonyl (C=O) groups is 2. The Morgan fingerprint density at radius 2 is 1.97 bits per heavy atom. The summed E-state index contributed by atoms with van der Waals surface area (Å²) in [7, 11) is 0. The Morgan fingerprint density at radius 3 is 2.60 bits per heavy atom.